The van der Waals surface area contributed by atoms with Crippen LogP contribution in [0.1, 0.15) is 20.1 Å². The lowest BCUT2D eigenvalue weighted by atomic mass is 10.1. The Morgan fingerprint density at radius 1 is 1.38 bits per heavy atom. The molecule has 0 aliphatic carbocycles. The van der Waals surface area contributed by atoms with Crippen molar-refractivity contribution in [1.82, 2.24) is 19.5 Å². The molecule has 0 amide bonds. The molecular weight excluding hydrogens is 386 g/mol. The number of aliphatic hydroxyl groups is 1. The predicted molar refractivity (Wildman–Crippen MR) is 85.1 cm³/mol. The molecule has 4 N–H and O–H groups in total. The number of anilines is 1. The summed E-state index contributed by atoms with van der Waals surface area (Å²) in [7, 11) is 0. The summed E-state index contributed by atoms with van der Waals surface area (Å²) < 4.78 is 19.6. The zero-order valence-corrected chi connectivity index (χ0v) is 14.5. The molecule has 130 valence electrons. The molecule has 2 saturated heterocycles. The van der Waals surface area contributed by atoms with Gasteiger partial charge in [-0.05, 0) is 29.8 Å². The molecule has 2 aliphatic heterocycles. The highest BCUT2D eigenvalue weighted by molar-refractivity contribution is 9.10. The van der Waals surface area contributed by atoms with Gasteiger partial charge in [-0.15, -0.1) is 0 Å². The van der Waals surface area contributed by atoms with Crippen molar-refractivity contribution in [3.63, 3.8) is 0 Å². The maximum Gasteiger partial charge on any atom is 0.280 e. The molecule has 2 aromatic heterocycles. The summed E-state index contributed by atoms with van der Waals surface area (Å²) in [6, 6.07) is 0. The van der Waals surface area contributed by atoms with E-state index in [1.54, 1.807) is 18.4 Å². The number of aliphatic hydroxyl groups excluding tert-OH is 1. The van der Waals surface area contributed by atoms with Crippen molar-refractivity contribution in [2.24, 2.45) is 0 Å². The number of rotatable bonds is 2. The van der Waals surface area contributed by atoms with Crippen LogP contribution in [-0.2, 0) is 14.2 Å². The minimum atomic E-state index is -0.808. The predicted octanol–water partition coefficient (Wildman–Crippen LogP) is -0.126. The van der Waals surface area contributed by atoms with Crippen LogP contribution in [0.4, 0.5) is 5.95 Å². The van der Waals surface area contributed by atoms with E-state index in [2.05, 4.69) is 30.9 Å². The van der Waals surface area contributed by atoms with Gasteiger partial charge < -0.3 is 25.1 Å². The molecule has 10 nitrogen and oxygen atoms in total. The number of hydrogen-bond acceptors (Lipinski definition) is 8. The molecule has 4 heterocycles. The van der Waals surface area contributed by atoms with Crippen LogP contribution in [0.15, 0.2) is 9.53 Å². The van der Waals surface area contributed by atoms with E-state index in [0.29, 0.717) is 4.73 Å². The van der Waals surface area contributed by atoms with Gasteiger partial charge in [0.05, 0.1) is 6.61 Å². The monoisotopic (exact) mass is 401 g/mol. The van der Waals surface area contributed by atoms with Crippen LogP contribution in [0.25, 0.3) is 11.2 Å². The summed E-state index contributed by atoms with van der Waals surface area (Å²) >= 11 is 3.33. The third kappa shape index (κ3) is 2.27. The highest BCUT2D eigenvalue weighted by Gasteiger charge is 2.56. The van der Waals surface area contributed by atoms with Gasteiger partial charge in [-0.1, -0.05) is 0 Å². The fourth-order valence-electron chi connectivity index (χ4n) is 3.21. The number of nitrogens with zero attached hydrogens (tertiary/aromatic N) is 3. The lowest BCUT2D eigenvalue weighted by molar-refractivity contribution is -0.200. The quantitative estimate of drug-likeness (QED) is 0.591. The number of H-pyrrole nitrogens is 1. The molecule has 4 atom stereocenters. The van der Waals surface area contributed by atoms with Crippen LogP contribution < -0.4 is 11.3 Å². The third-order valence-electron chi connectivity index (χ3n) is 4.09. The van der Waals surface area contributed by atoms with E-state index in [1.165, 1.54) is 0 Å². The highest BCUT2D eigenvalue weighted by Crippen LogP contribution is 2.44. The minimum absolute atomic E-state index is 0.0293. The first-order valence-electron chi connectivity index (χ1n) is 7.36. The van der Waals surface area contributed by atoms with Crippen LogP contribution in [-0.4, -0.2) is 55.3 Å². The summed E-state index contributed by atoms with van der Waals surface area (Å²) in [4.78, 5) is 22.8. The Labute approximate surface area is 144 Å². The summed E-state index contributed by atoms with van der Waals surface area (Å²) in [6.07, 6.45) is -2.18. The van der Waals surface area contributed by atoms with E-state index in [9.17, 15) is 9.90 Å². The van der Waals surface area contributed by atoms with Crippen molar-refractivity contribution in [1.29, 1.82) is 0 Å². The number of halogens is 1. The highest BCUT2D eigenvalue weighted by atomic mass is 79.9. The SMILES string of the molecule is CC1(C)O[C@@H]2[C@H](O1)[C@@H](CO)O[C@H]2n1c(Br)nc2c(=O)[nH]c(N)nc21. The molecule has 0 saturated carbocycles. The molecule has 0 radical (unpaired) electrons. The number of aromatic amines is 1. The number of hydrogen-bond donors (Lipinski definition) is 3. The van der Waals surface area contributed by atoms with E-state index in [1.807, 2.05) is 0 Å². The average Bonchev–Trinajstić information content (AvgIpc) is 3.07. The molecular formula is C13H16BrN5O5. The van der Waals surface area contributed by atoms with Gasteiger partial charge in [-0.25, -0.2) is 4.98 Å². The number of aromatic nitrogens is 4. The molecule has 0 aromatic carbocycles. The van der Waals surface area contributed by atoms with Gasteiger partial charge >= 0.3 is 0 Å². The average molecular weight is 402 g/mol. The van der Waals surface area contributed by atoms with Crippen LogP contribution in [0.2, 0.25) is 0 Å². The zero-order chi connectivity index (χ0) is 17.2. The first-order chi connectivity index (χ1) is 11.3. The minimum Gasteiger partial charge on any atom is -0.394 e. The Kier molecular flexibility index (Phi) is 3.48. The normalized spacial score (nSPS) is 31.7. The Morgan fingerprint density at radius 2 is 2.08 bits per heavy atom. The van der Waals surface area contributed by atoms with Gasteiger partial charge in [0.15, 0.2) is 27.9 Å². The lowest BCUT2D eigenvalue weighted by Crippen LogP contribution is -2.31. The first-order valence-corrected chi connectivity index (χ1v) is 8.15. The zero-order valence-electron chi connectivity index (χ0n) is 12.9. The van der Waals surface area contributed by atoms with Gasteiger partial charge in [0.25, 0.3) is 5.56 Å². The fourth-order valence-corrected chi connectivity index (χ4v) is 3.76. The van der Waals surface area contributed by atoms with Crippen molar-refractivity contribution in [2.45, 2.75) is 44.2 Å². The van der Waals surface area contributed by atoms with E-state index in [4.69, 9.17) is 19.9 Å². The second-order valence-corrected chi connectivity index (χ2v) is 6.90. The lowest BCUT2D eigenvalue weighted by Gasteiger charge is -2.24. The van der Waals surface area contributed by atoms with Crippen molar-refractivity contribution in [3.05, 3.63) is 15.1 Å². The summed E-state index contributed by atoms with van der Waals surface area (Å²) in [5.41, 5.74) is 5.58. The molecule has 0 bridgehead atoms. The smallest absolute Gasteiger partial charge is 0.280 e. The molecule has 0 unspecified atom stereocenters. The van der Waals surface area contributed by atoms with Crippen molar-refractivity contribution in [3.8, 4) is 0 Å². The molecule has 2 fully saturated rings. The van der Waals surface area contributed by atoms with Crippen LogP contribution >= 0.6 is 15.9 Å². The molecule has 4 rings (SSSR count). The Morgan fingerprint density at radius 3 is 2.79 bits per heavy atom. The maximum absolute atomic E-state index is 12.0. The first kappa shape index (κ1) is 16.0. The van der Waals surface area contributed by atoms with Crippen LogP contribution in [0.5, 0.6) is 0 Å². The standard InChI is InChI=1S/C13H16BrN5O5/c1-13(2)23-6-4(3-20)22-10(7(6)24-13)19-8-5(16-11(19)14)9(21)18-12(15)17-8/h4,6-7,10,20H,3H2,1-2H3,(H3,15,17,18,21)/t4-,6-,7-,10-/m1/s1. The van der Waals surface area contributed by atoms with Crippen molar-refractivity contribution >= 4 is 33.0 Å². The van der Waals surface area contributed by atoms with Crippen LogP contribution in [0, 0.1) is 0 Å². The molecule has 0 spiro atoms. The van der Waals surface area contributed by atoms with E-state index in [0.717, 1.165) is 0 Å². The van der Waals surface area contributed by atoms with Crippen LogP contribution in [0.3, 0.4) is 0 Å². The number of ether oxygens (including phenoxy) is 3. The largest absolute Gasteiger partial charge is 0.394 e. The number of fused-ring (bicyclic) bond motifs is 2. The van der Waals surface area contributed by atoms with Crippen molar-refractivity contribution < 1.29 is 19.3 Å². The Balaban J connectivity index is 1.86. The third-order valence-corrected chi connectivity index (χ3v) is 4.64. The summed E-state index contributed by atoms with van der Waals surface area (Å²) in [5.74, 6) is -0.837. The van der Waals surface area contributed by atoms with E-state index in [-0.39, 0.29) is 23.7 Å². The molecule has 24 heavy (non-hydrogen) atoms. The number of imidazole rings is 1. The van der Waals surface area contributed by atoms with E-state index >= 15 is 0 Å². The fraction of sp³-hybridized carbons (Fsp3) is 0.615. The van der Waals surface area contributed by atoms with Gasteiger partial charge in [0.1, 0.15) is 18.3 Å². The van der Waals surface area contributed by atoms with Gasteiger partial charge in [-0.2, -0.15) is 4.98 Å². The Hall–Kier alpha value is -1.53. The van der Waals surface area contributed by atoms with Crippen molar-refractivity contribution in [2.75, 3.05) is 12.3 Å². The number of nitrogens with one attached hydrogen (secondary N) is 1. The second-order valence-electron chi connectivity index (χ2n) is 6.19. The van der Waals surface area contributed by atoms with Gasteiger partial charge in [0, 0.05) is 0 Å². The maximum atomic E-state index is 12.0. The summed E-state index contributed by atoms with van der Waals surface area (Å²) in [6.45, 7) is 3.36. The summed E-state index contributed by atoms with van der Waals surface area (Å²) in [5, 5.41) is 9.58. The Bertz CT molecular complexity index is 864. The van der Waals surface area contributed by atoms with Gasteiger partial charge in [-0.3, -0.25) is 14.3 Å². The second kappa shape index (κ2) is 5.23. The number of nitrogen functional groups attached to an aromatic ring is 1. The topological polar surface area (TPSA) is 138 Å². The number of nitrogens with two attached hydrogens (primary N) is 1. The molecule has 2 aliphatic rings. The van der Waals surface area contributed by atoms with E-state index < -0.39 is 35.9 Å². The molecule has 11 heteroatoms. The molecule has 2 aromatic rings. The van der Waals surface area contributed by atoms with Gasteiger partial charge in [0.2, 0.25) is 5.95 Å².